The largest absolute Gasteiger partial charge is 0.390 e. The number of alkyl halides is 3. The third-order valence-electron chi connectivity index (χ3n) is 2.08. The highest BCUT2D eigenvalue weighted by atomic mass is 32.1. The number of nitrogen functional groups attached to an aromatic ring is 1. The van der Waals surface area contributed by atoms with Gasteiger partial charge in [-0.05, 0) is 6.92 Å². The average molecular weight is 267 g/mol. The van der Waals surface area contributed by atoms with Crippen LogP contribution in [0, 0.1) is 6.92 Å². The van der Waals surface area contributed by atoms with Gasteiger partial charge in [-0.2, -0.15) is 13.2 Å². The maximum atomic E-state index is 12.0. The summed E-state index contributed by atoms with van der Waals surface area (Å²) in [7, 11) is 1.32. The smallest absolute Gasteiger partial charge is 0.375 e. The molecule has 4 nitrogen and oxygen atoms in total. The molecule has 96 valence electrons. The predicted molar refractivity (Wildman–Crippen MR) is 58.9 cm³/mol. The van der Waals surface area contributed by atoms with Crippen molar-refractivity contribution >= 4 is 22.4 Å². The minimum absolute atomic E-state index is 0.232. The van der Waals surface area contributed by atoms with E-state index in [4.69, 9.17) is 5.73 Å². The van der Waals surface area contributed by atoms with Gasteiger partial charge < -0.3 is 10.6 Å². The van der Waals surface area contributed by atoms with E-state index in [1.54, 1.807) is 6.92 Å². The lowest BCUT2D eigenvalue weighted by molar-refractivity contribution is -0.136. The molecule has 0 radical (unpaired) electrons. The number of halogens is 3. The molecule has 0 saturated heterocycles. The number of aromatic nitrogens is 1. The fraction of sp³-hybridized carbons (Fsp3) is 0.556. The van der Waals surface area contributed by atoms with Crippen molar-refractivity contribution < 1.29 is 18.0 Å². The molecule has 0 unspecified atom stereocenters. The Morgan fingerprint density at radius 2 is 2.12 bits per heavy atom. The molecule has 0 aliphatic carbocycles. The van der Waals surface area contributed by atoms with Crippen LogP contribution in [-0.4, -0.2) is 35.6 Å². The first-order chi connectivity index (χ1) is 7.70. The van der Waals surface area contributed by atoms with Crippen LogP contribution < -0.4 is 5.73 Å². The average Bonchev–Trinajstić information content (AvgIpc) is 2.52. The molecule has 0 saturated carbocycles. The van der Waals surface area contributed by atoms with Crippen molar-refractivity contribution in [1.82, 2.24) is 9.88 Å². The second-order valence-electron chi connectivity index (χ2n) is 3.56. The number of aryl methyl sites for hydroxylation is 1. The highest BCUT2D eigenvalue weighted by Crippen LogP contribution is 2.23. The summed E-state index contributed by atoms with van der Waals surface area (Å²) in [6, 6.07) is 0. The summed E-state index contributed by atoms with van der Waals surface area (Å²) in [4.78, 5) is 16.9. The van der Waals surface area contributed by atoms with Crippen molar-refractivity contribution in [2.75, 3.05) is 19.3 Å². The van der Waals surface area contributed by atoms with Crippen LogP contribution in [0.15, 0.2) is 0 Å². The molecule has 1 amide bonds. The lowest BCUT2D eigenvalue weighted by atomic mass is 10.3. The van der Waals surface area contributed by atoms with Gasteiger partial charge >= 0.3 is 6.18 Å². The van der Waals surface area contributed by atoms with Crippen molar-refractivity contribution in [2.45, 2.75) is 19.5 Å². The SMILES string of the molecule is Cc1nc(N)sc1C(=O)N(C)CCC(F)(F)F. The summed E-state index contributed by atoms with van der Waals surface area (Å²) < 4.78 is 36.0. The Kier molecular flexibility index (Phi) is 3.97. The van der Waals surface area contributed by atoms with E-state index in [-0.39, 0.29) is 16.6 Å². The standard InChI is InChI=1S/C9H12F3N3OS/c1-5-6(17-8(13)14-5)7(16)15(2)4-3-9(10,11)12/h3-4H2,1-2H3,(H2,13,14). The van der Waals surface area contributed by atoms with E-state index in [1.165, 1.54) is 7.05 Å². The maximum absolute atomic E-state index is 12.0. The van der Waals surface area contributed by atoms with E-state index in [2.05, 4.69) is 4.98 Å². The van der Waals surface area contributed by atoms with E-state index in [9.17, 15) is 18.0 Å². The molecule has 1 heterocycles. The quantitative estimate of drug-likeness (QED) is 0.912. The molecule has 17 heavy (non-hydrogen) atoms. The summed E-state index contributed by atoms with van der Waals surface area (Å²) in [5.41, 5.74) is 5.86. The Bertz CT molecular complexity index is 416. The van der Waals surface area contributed by atoms with E-state index < -0.39 is 18.5 Å². The van der Waals surface area contributed by atoms with Crippen molar-refractivity contribution in [3.63, 3.8) is 0 Å². The molecular weight excluding hydrogens is 255 g/mol. The maximum Gasteiger partial charge on any atom is 0.390 e. The highest BCUT2D eigenvalue weighted by molar-refractivity contribution is 7.17. The summed E-state index contributed by atoms with van der Waals surface area (Å²) in [5.74, 6) is -0.485. The number of hydrogen-bond donors (Lipinski definition) is 1. The van der Waals surface area contributed by atoms with Gasteiger partial charge in [-0.3, -0.25) is 4.79 Å². The second-order valence-corrected chi connectivity index (χ2v) is 4.59. The minimum Gasteiger partial charge on any atom is -0.375 e. The van der Waals surface area contributed by atoms with Crippen LogP contribution in [0.4, 0.5) is 18.3 Å². The van der Waals surface area contributed by atoms with Gasteiger partial charge in [-0.15, -0.1) is 0 Å². The summed E-state index contributed by atoms with van der Waals surface area (Å²) in [5, 5.41) is 0.232. The fourth-order valence-corrected chi connectivity index (χ4v) is 2.01. The first-order valence-corrected chi connectivity index (χ1v) is 5.57. The number of carbonyl (C=O) groups is 1. The van der Waals surface area contributed by atoms with E-state index in [0.717, 1.165) is 16.2 Å². The van der Waals surface area contributed by atoms with Gasteiger partial charge in [0.1, 0.15) is 4.88 Å². The number of anilines is 1. The van der Waals surface area contributed by atoms with Crippen molar-refractivity contribution in [3.05, 3.63) is 10.6 Å². The van der Waals surface area contributed by atoms with Gasteiger partial charge in [0.25, 0.3) is 5.91 Å². The molecule has 2 N–H and O–H groups in total. The van der Waals surface area contributed by atoms with E-state index in [0.29, 0.717) is 5.69 Å². The highest BCUT2D eigenvalue weighted by Gasteiger charge is 2.28. The normalized spacial score (nSPS) is 11.6. The monoisotopic (exact) mass is 267 g/mol. The molecule has 0 fully saturated rings. The fourth-order valence-electron chi connectivity index (χ4n) is 1.19. The lowest BCUT2D eigenvalue weighted by Gasteiger charge is -2.17. The molecule has 8 heteroatoms. The molecule has 0 atom stereocenters. The number of hydrogen-bond acceptors (Lipinski definition) is 4. The first kappa shape index (κ1) is 13.8. The zero-order valence-electron chi connectivity index (χ0n) is 9.34. The molecule has 1 aromatic heterocycles. The number of carbonyl (C=O) groups excluding carboxylic acids is 1. The molecule has 0 aliphatic heterocycles. The zero-order valence-corrected chi connectivity index (χ0v) is 10.2. The van der Waals surface area contributed by atoms with Crippen LogP contribution in [0.25, 0.3) is 0 Å². The molecule has 0 aliphatic rings. The lowest BCUT2D eigenvalue weighted by Crippen LogP contribution is -2.30. The Labute approximate surface area is 100 Å². The van der Waals surface area contributed by atoms with Crippen molar-refractivity contribution in [3.8, 4) is 0 Å². The van der Waals surface area contributed by atoms with Gasteiger partial charge in [0, 0.05) is 13.6 Å². The summed E-state index contributed by atoms with van der Waals surface area (Å²) in [6.07, 6.45) is -5.29. The Hall–Kier alpha value is -1.31. The van der Waals surface area contributed by atoms with Gasteiger partial charge in [0.05, 0.1) is 12.1 Å². The molecule has 1 aromatic rings. The summed E-state index contributed by atoms with van der Waals surface area (Å²) in [6.45, 7) is 1.22. The number of nitrogens with zero attached hydrogens (tertiary/aromatic N) is 2. The third kappa shape index (κ3) is 3.88. The van der Waals surface area contributed by atoms with Gasteiger partial charge in [0.15, 0.2) is 5.13 Å². The molecule has 0 spiro atoms. The minimum atomic E-state index is -4.27. The first-order valence-electron chi connectivity index (χ1n) is 4.76. The Balaban J connectivity index is 2.67. The van der Waals surface area contributed by atoms with Crippen LogP contribution in [-0.2, 0) is 0 Å². The van der Waals surface area contributed by atoms with Crippen LogP contribution >= 0.6 is 11.3 Å². The van der Waals surface area contributed by atoms with Crippen LogP contribution in [0.3, 0.4) is 0 Å². The number of rotatable bonds is 3. The van der Waals surface area contributed by atoms with Gasteiger partial charge in [0.2, 0.25) is 0 Å². The molecule has 0 aromatic carbocycles. The van der Waals surface area contributed by atoms with E-state index >= 15 is 0 Å². The van der Waals surface area contributed by atoms with Crippen molar-refractivity contribution in [1.29, 1.82) is 0 Å². The molecular formula is C9H12F3N3OS. The van der Waals surface area contributed by atoms with Gasteiger partial charge in [-0.1, -0.05) is 11.3 Å². The second kappa shape index (κ2) is 4.91. The van der Waals surface area contributed by atoms with Crippen LogP contribution in [0.5, 0.6) is 0 Å². The molecule has 0 bridgehead atoms. The Morgan fingerprint density at radius 3 is 2.53 bits per heavy atom. The third-order valence-corrected chi connectivity index (χ3v) is 3.06. The van der Waals surface area contributed by atoms with Crippen molar-refractivity contribution in [2.24, 2.45) is 0 Å². The van der Waals surface area contributed by atoms with Crippen LogP contribution in [0.1, 0.15) is 21.8 Å². The number of thiazole rings is 1. The number of amides is 1. The van der Waals surface area contributed by atoms with E-state index in [1.807, 2.05) is 0 Å². The number of nitrogens with two attached hydrogens (primary N) is 1. The zero-order chi connectivity index (χ0) is 13.2. The topological polar surface area (TPSA) is 59.2 Å². The molecule has 1 rings (SSSR count). The van der Waals surface area contributed by atoms with Crippen LogP contribution in [0.2, 0.25) is 0 Å². The Morgan fingerprint density at radius 1 is 1.53 bits per heavy atom. The predicted octanol–water partition coefficient (Wildman–Crippen LogP) is 2.06. The summed E-state index contributed by atoms with van der Waals surface area (Å²) >= 11 is 0.978. The van der Waals surface area contributed by atoms with Gasteiger partial charge in [-0.25, -0.2) is 4.98 Å².